The average Bonchev–Trinajstić information content (AvgIpc) is 2.40. The van der Waals surface area contributed by atoms with Gasteiger partial charge in [-0.3, -0.25) is 0 Å². The van der Waals surface area contributed by atoms with Crippen molar-refractivity contribution < 1.29 is 4.39 Å². The number of hydrogen-bond acceptors (Lipinski definition) is 2. The second kappa shape index (κ2) is 6.17. The van der Waals surface area contributed by atoms with Crippen LogP contribution in [-0.2, 0) is 6.54 Å². The fourth-order valence-electron chi connectivity index (χ4n) is 1.95. The highest BCUT2D eigenvalue weighted by Gasteiger charge is 2.10. The molecule has 94 valence electrons. The first-order valence-corrected chi connectivity index (χ1v) is 6.04. The van der Waals surface area contributed by atoms with Gasteiger partial charge in [0.25, 0.3) is 0 Å². The topological polar surface area (TPSA) is 29.3 Å². The summed E-state index contributed by atoms with van der Waals surface area (Å²) in [4.78, 5) is 1.96. The van der Waals surface area contributed by atoms with Crippen LogP contribution in [0.2, 0.25) is 0 Å². The highest BCUT2D eigenvalue weighted by atomic mass is 19.1. The van der Waals surface area contributed by atoms with Crippen molar-refractivity contribution in [1.82, 2.24) is 0 Å². The highest BCUT2D eigenvalue weighted by Crippen LogP contribution is 2.20. The molecule has 0 saturated carbocycles. The van der Waals surface area contributed by atoms with E-state index < -0.39 is 0 Å². The average molecular weight is 244 g/mol. The molecule has 2 aromatic carbocycles. The summed E-state index contributed by atoms with van der Waals surface area (Å²) in [5.74, 6) is -0.207. The third-order valence-electron chi connectivity index (χ3n) is 2.81. The van der Waals surface area contributed by atoms with E-state index in [2.05, 4.69) is 0 Å². The van der Waals surface area contributed by atoms with Gasteiger partial charge in [-0.15, -0.1) is 0 Å². The molecule has 0 aromatic heterocycles. The minimum absolute atomic E-state index is 0.207. The maximum Gasteiger partial charge on any atom is 0.146 e. The predicted molar refractivity (Wildman–Crippen MR) is 72.9 cm³/mol. The van der Waals surface area contributed by atoms with Crippen LogP contribution in [-0.4, -0.2) is 13.1 Å². The molecule has 2 nitrogen and oxygen atoms in total. The van der Waals surface area contributed by atoms with Crippen LogP contribution in [0.4, 0.5) is 10.1 Å². The van der Waals surface area contributed by atoms with Crippen LogP contribution < -0.4 is 10.6 Å². The summed E-state index contributed by atoms with van der Waals surface area (Å²) < 4.78 is 13.8. The van der Waals surface area contributed by atoms with Crippen LogP contribution in [0.5, 0.6) is 0 Å². The summed E-state index contributed by atoms with van der Waals surface area (Å²) in [5, 5.41) is 0. The van der Waals surface area contributed by atoms with Crippen LogP contribution in [0.3, 0.4) is 0 Å². The molecule has 0 aliphatic carbocycles. The van der Waals surface area contributed by atoms with Crippen molar-refractivity contribution in [1.29, 1.82) is 0 Å². The Morgan fingerprint density at radius 3 is 2.28 bits per heavy atom. The molecule has 0 heterocycles. The molecular weight excluding hydrogens is 227 g/mol. The number of nitrogens with two attached hydrogens (primary N) is 1. The first-order chi connectivity index (χ1) is 8.81. The third-order valence-corrected chi connectivity index (χ3v) is 2.81. The van der Waals surface area contributed by atoms with Gasteiger partial charge in [0.2, 0.25) is 0 Å². The van der Waals surface area contributed by atoms with Gasteiger partial charge in [-0.25, -0.2) is 4.39 Å². The van der Waals surface area contributed by atoms with Crippen molar-refractivity contribution in [3.05, 3.63) is 66.0 Å². The van der Waals surface area contributed by atoms with E-state index in [0.717, 1.165) is 5.56 Å². The quantitative estimate of drug-likeness (QED) is 0.876. The number of nitrogens with zero attached hydrogens (tertiary/aromatic N) is 1. The summed E-state index contributed by atoms with van der Waals surface area (Å²) in [6.45, 7) is 1.80. The number of anilines is 1. The lowest BCUT2D eigenvalue weighted by Gasteiger charge is -2.24. The van der Waals surface area contributed by atoms with E-state index in [1.165, 1.54) is 6.07 Å². The van der Waals surface area contributed by atoms with Crippen molar-refractivity contribution in [2.24, 2.45) is 5.73 Å². The minimum Gasteiger partial charge on any atom is -0.364 e. The number of rotatable bonds is 5. The van der Waals surface area contributed by atoms with Gasteiger partial charge in [-0.05, 0) is 17.7 Å². The lowest BCUT2D eigenvalue weighted by Crippen LogP contribution is -2.29. The maximum absolute atomic E-state index is 13.8. The van der Waals surface area contributed by atoms with E-state index in [4.69, 9.17) is 5.73 Å². The number of para-hydroxylation sites is 1. The van der Waals surface area contributed by atoms with E-state index in [9.17, 15) is 4.39 Å². The summed E-state index contributed by atoms with van der Waals surface area (Å²) in [6.07, 6.45) is 0. The summed E-state index contributed by atoms with van der Waals surface area (Å²) in [5.41, 5.74) is 7.36. The van der Waals surface area contributed by atoms with Crippen LogP contribution >= 0.6 is 0 Å². The van der Waals surface area contributed by atoms with E-state index in [1.54, 1.807) is 12.1 Å². The monoisotopic (exact) mass is 244 g/mol. The zero-order chi connectivity index (χ0) is 12.8. The molecule has 2 rings (SSSR count). The molecule has 0 radical (unpaired) electrons. The first kappa shape index (κ1) is 12.6. The molecule has 0 aliphatic rings. The second-order valence-corrected chi connectivity index (χ2v) is 4.15. The molecule has 2 N–H and O–H groups in total. The standard InChI is InChI=1S/C15H17FN2/c16-14-8-4-5-9-15(14)18(11-10-17)12-13-6-2-1-3-7-13/h1-9H,10-12,17H2. The Morgan fingerprint density at radius 1 is 0.944 bits per heavy atom. The van der Waals surface area contributed by atoms with Crippen LogP contribution in [0.1, 0.15) is 5.56 Å². The largest absolute Gasteiger partial charge is 0.364 e. The Labute approximate surface area is 107 Å². The Kier molecular flexibility index (Phi) is 4.31. The first-order valence-electron chi connectivity index (χ1n) is 6.04. The Bertz CT molecular complexity index is 485. The highest BCUT2D eigenvalue weighted by molar-refractivity contribution is 5.48. The number of hydrogen-bond donors (Lipinski definition) is 1. The summed E-state index contributed by atoms with van der Waals surface area (Å²) >= 11 is 0. The Balaban J connectivity index is 2.21. The van der Waals surface area contributed by atoms with Gasteiger partial charge in [0.1, 0.15) is 5.82 Å². The molecule has 0 spiro atoms. The molecule has 3 heteroatoms. The van der Waals surface area contributed by atoms with Crippen LogP contribution in [0, 0.1) is 5.82 Å². The van der Waals surface area contributed by atoms with E-state index in [1.807, 2.05) is 41.3 Å². The van der Waals surface area contributed by atoms with Gasteiger partial charge in [-0.1, -0.05) is 42.5 Å². The smallest absolute Gasteiger partial charge is 0.146 e. The minimum atomic E-state index is -0.207. The lowest BCUT2D eigenvalue weighted by atomic mass is 10.2. The molecule has 0 unspecified atom stereocenters. The third kappa shape index (κ3) is 3.08. The van der Waals surface area contributed by atoms with Gasteiger partial charge in [0.05, 0.1) is 5.69 Å². The normalized spacial score (nSPS) is 10.3. The zero-order valence-corrected chi connectivity index (χ0v) is 10.2. The number of halogens is 1. The molecule has 2 aromatic rings. The maximum atomic E-state index is 13.8. The fraction of sp³-hybridized carbons (Fsp3) is 0.200. The van der Waals surface area contributed by atoms with Crippen LogP contribution in [0.15, 0.2) is 54.6 Å². The lowest BCUT2D eigenvalue weighted by molar-refractivity contribution is 0.616. The van der Waals surface area contributed by atoms with Gasteiger partial charge >= 0.3 is 0 Å². The van der Waals surface area contributed by atoms with E-state index >= 15 is 0 Å². The van der Waals surface area contributed by atoms with Crippen molar-refractivity contribution in [2.75, 3.05) is 18.0 Å². The van der Waals surface area contributed by atoms with Gasteiger partial charge in [0, 0.05) is 19.6 Å². The summed E-state index contributed by atoms with van der Waals surface area (Å²) in [6, 6.07) is 16.8. The molecule has 0 bridgehead atoms. The Hall–Kier alpha value is -1.87. The molecular formula is C15H17FN2. The van der Waals surface area contributed by atoms with Gasteiger partial charge in [0.15, 0.2) is 0 Å². The van der Waals surface area contributed by atoms with E-state index in [0.29, 0.717) is 25.3 Å². The van der Waals surface area contributed by atoms with Crippen molar-refractivity contribution in [3.63, 3.8) is 0 Å². The molecule has 0 aliphatic heterocycles. The van der Waals surface area contributed by atoms with Gasteiger partial charge < -0.3 is 10.6 Å². The van der Waals surface area contributed by atoms with Crippen molar-refractivity contribution >= 4 is 5.69 Å². The summed E-state index contributed by atoms with van der Waals surface area (Å²) in [7, 11) is 0. The molecule has 0 saturated heterocycles. The zero-order valence-electron chi connectivity index (χ0n) is 10.2. The van der Waals surface area contributed by atoms with Crippen LogP contribution in [0.25, 0.3) is 0 Å². The molecule has 0 amide bonds. The molecule has 18 heavy (non-hydrogen) atoms. The van der Waals surface area contributed by atoms with Crippen molar-refractivity contribution in [2.45, 2.75) is 6.54 Å². The number of benzene rings is 2. The SMILES string of the molecule is NCCN(Cc1ccccc1)c1ccccc1F. The van der Waals surface area contributed by atoms with Gasteiger partial charge in [-0.2, -0.15) is 0 Å². The Morgan fingerprint density at radius 2 is 1.61 bits per heavy atom. The molecule has 0 fully saturated rings. The fourth-order valence-corrected chi connectivity index (χ4v) is 1.95. The second-order valence-electron chi connectivity index (χ2n) is 4.15. The van der Waals surface area contributed by atoms with Crippen molar-refractivity contribution in [3.8, 4) is 0 Å². The predicted octanol–water partition coefficient (Wildman–Crippen LogP) is 2.79. The van der Waals surface area contributed by atoms with E-state index in [-0.39, 0.29) is 5.82 Å². The molecule has 0 atom stereocenters.